The molecular formula is C21H20O14. The van der Waals surface area contributed by atoms with Crippen molar-refractivity contribution < 1.29 is 69.8 Å². The number of aliphatic hydroxyl groups is 3. The van der Waals surface area contributed by atoms with Crippen molar-refractivity contribution in [3.8, 4) is 34.5 Å². The molecule has 2 aliphatic heterocycles. The molecule has 4 rings (SSSR count). The number of Topliss-reactive ketones (excluding diaryl/α,β-unsaturated/α-hetero) is 1. The maximum Gasteiger partial charge on any atom is 0.335 e. The first-order valence-electron chi connectivity index (χ1n) is 10.00. The smallest absolute Gasteiger partial charge is 0.335 e. The molecule has 9 N–H and O–H groups in total. The molecule has 35 heavy (non-hydrogen) atoms. The summed E-state index contributed by atoms with van der Waals surface area (Å²) in [6, 6.07) is 3.65. The molecule has 0 saturated carbocycles. The number of fused-ring (bicyclic) bond motifs is 1. The van der Waals surface area contributed by atoms with Crippen LogP contribution in [0.2, 0.25) is 0 Å². The topological polar surface area (TPSA) is 244 Å². The predicted octanol–water partition coefficient (Wildman–Crippen LogP) is -1.19. The highest BCUT2D eigenvalue weighted by Gasteiger charge is 2.51. The van der Waals surface area contributed by atoms with E-state index in [1.54, 1.807) is 0 Å². The Labute approximate surface area is 195 Å². The number of carbonyl (C=O) groups excluding carboxylic acids is 1. The van der Waals surface area contributed by atoms with Gasteiger partial charge in [-0.2, -0.15) is 0 Å². The average Bonchev–Trinajstić information content (AvgIpc) is 2.77. The summed E-state index contributed by atoms with van der Waals surface area (Å²) in [6.45, 7) is 0. The van der Waals surface area contributed by atoms with Gasteiger partial charge in [-0.05, 0) is 12.1 Å². The molecule has 2 aliphatic rings. The first kappa shape index (κ1) is 24.3. The first-order chi connectivity index (χ1) is 16.4. The molecule has 0 spiro atoms. The zero-order valence-corrected chi connectivity index (χ0v) is 17.4. The number of phenolic OH excluding ortho intramolecular Hbond substituents is 5. The van der Waals surface area contributed by atoms with E-state index in [2.05, 4.69) is 0 Å². The van der Waals surface area contributed by atoms with Gasteiger partial charge in [0.05, 0.1) is 0 Å². The molecule has 2 aromatic rings. The van der Waals surface area contributed by atoms with Crippen LogP contribution in [-0.2, 0) is 14.3 Å². The number of aromatic hydroxyl groups is 5. The Hall–Kier alpha value is -3.82. The van der Waals surface area contributed by atoms with E-state index in [0.717, 1.165) is 24.3 Å². The summed E-state index contributed by atoms with van der Waals surface area (Å²) >= 11 is 0. The minimum Gasteiger partial charge on any atom is -0.508 e. The Morgan fingerprint density at radius 1 is 0.857 bits per heavy atom. The first-order valence-corrected chi connectivity index (χ1v) is 10.00. The highest BCUT2D eigenvalue weighted by molar-refractivity contribution is 6.05. The molecule has 2 aromatic carbocycles. The van der Waals surface area contributed by atoms with Crippen LogP contribution in [0.3, 0.4) is 0 Å². The lowest BCUT2D eigenvalue weighted by Crippen LogP contribution is -2.61. The Morgan fingerprint density at radius 3 is 2.09 bits per heavy atom. The van der Waals surface area contributed by atoms with Crippen LogP contribution in [-0.4, -0.2) is 94.5 Å². The summed E-state index contributed by atoms with van der Waals surface area (Å²) in [5.74, 6) is -6.72. The van der Waals surface area contributed by atoms with Crippen LogP contribution in [0.5, 0.6) is 34.5 Å². The third-order valence-corrected chi connectivity index (χ3v) is 5.61. The zero-order chi connectivity index (χ0) is 25.8. The van der Waals surface area contributed by atoms with Gasteiger partial charge >= 0.3 is 5.97 Å². The summed E-state index contributed by atoms with van der Waals surface area (Å²) in [5, 5.41) is 88.9. The van der Waals surface area contributed by atoms with Crippen molar-refractivity contribution in [3.63, 3.8) is 0 Å². The van der Waals surface area contributed by atoms with Gasteiger partial charge in [0, 0.05) is 17.7 Å². The standard InChI is InChI=1S/C21H20O14/c22-6-3-7(23)11-10(4-6)33-17(5-1-8(24)12(26)9(25)2-5)18(13(11)27)34-21-16(30)14(28)15(29)19(35-21)20(31)32/h1-4,14-19,21-26,28-30H,(H,31,32). The SMILES string of the molecule is O=C1c2c(O)cc(O)cc2OC(c2cc(O)c(O)c(O)c2)C1OC1OC(C(=O)O)C(O)C(O)C1O. The lowest BCUT2D eigenvalue weighted by atomic mass is 9.91. The van der Waals surface area contributed by atoms with E-state index in [9.17, 15) is 55.5 Å². The molecule has 1 saturated heterocycles. The molecule has 1 fully saturated rings. The van der Waals surface area contributed by atoms with E-state index in [1.165, 1.54) is 0 Å². The van der Waals surface area contributed by atoms with E-state index in [4.69, 9.17) is 14.2 Å². The van der Waals surface area contributed by atoms with Crippen molar-refractivity contribution in [1.82, 2.24) is 0 Å². The van der Waals surface area contributed by atoms with Crippen molar-refractivity contribution in [2.75, 3.05) is 0 Å². The van der Waals surface area contributed by atoms with Crippen LogP contribution in [0.15, 0.2) is 24.3 Å². The van der Waals surface area contributed by atoms with Crippen LogP contribution >= 0.6 is 0 Å². The van der Waals surface area contributed by atoms with Crippen LogP contribution < -0.4 is 4.74 Å². The fourth-order valence-corrected chi connectivity index (χ4v) is 3.88. The number of rotatable bonds is 4. The van der Waals surface area contributed by atoms with Crippen molar-refractivity contribution >= 4 is 11.8 Å². The lowest BCUT2D eigenvalue weighted by Gasteiger charge is -2.41. The molecule has 0 radical (unpaired) electrons. The Balaban J connectivity index is 1.78. The average molecular weight is 496 g/mol. The van der Waals surface area contributed by atoms with Gasteiger partial charge in [-0.3, -0.25) is 4.79 Å². The number of ketones is 1. The fourth-order valence-electron chi connectivity index (χ4n) is 3.88. The summed E-state index contributed by atoms with van der Waals surface area (Å²) in [5.41, 5.74) is -0.623. The van der Waals surface area contributed by atoms with Crippen molar-refractivity contribution in [2.45, 2.75) is 42.9 Å². The number of benzene rings is 2. The highest BCUT2D eigenvalue weighted by atomic mass is 16.7. The molecule has 2 heterocycles. The summed E-state index contributed by atoms with van der Waals surface area (Å²) < 4.78 is 16.2. The summed E-state index contributed by atoms with van der Waals surface area (Å²) in [6.07, 6.45) is -13.6. The molecule has 14 heteroatoms. The Morgan fingerprint density at radius 2 is 1.49 bits per heavy atom. The van der Waals surface area contributed by atoms with Gasteiger partial charge < -0.3 is 60.2 Å². The zero-order valence-electron chi connectivity index (χ0n) is 17.4. The third-order valence-electron chi connectivity index (χ3n) is 5.61. The van der Waals surface area contributed by atoms with Crippen molar-refractivity contribution in [3.05, 3.63) is 35.4 Å². The quantitative estimate of drug-likeness (QED) is 0.226. The van der Waals surface area contributed by atoms with Gasteiger partial charge in [-0.25, -0.2) is 4.79 Å². The van der Waals surface area contributed by atoms with Crippen molar-refractivity contribution in [1.29, 1.82) is 0 Å². The molecule has 7 atom stereocenters. The normalized spacial score (nSPS) is 30.4. The minimum absolute atomic E-state index is 0.162. The van der Waals surface area contributed by atoms with E-state index >= 15 is 0 Å². The number of aliphatic carboxylic acids is 1. The Kier molecular flexibility index (Phi) is 6.08. The van der Waals surface area contributed by atoms with Crippen LogP contribution in [0, 0.1) is 0 Å². The number of aliphatic hydroxyl groups excluding tert-OH is 3. The minimum atomic E-state index is -2.05. The molecule has 0 aliphatic carbocycles. The molecule has 0 aromatic heterocycles. The predicted molar refractivity (Wildman–Crippen MR) is 108 cm³/mol. The maximum absolute atomic E-state index is 13.3. The molecule has 0 bridgehead atoms. The van der Waals surface area contributed by atoms with Gasteiger partial charge in [0.1, 0.15) is 41.1 Å². The second kappa shape index (κ2) is 8.75. The van der Waals surface area contributed by atoms with Gasteiger partial charge in [-0.15, -0.1) is 0 Å². The van der Waals surface area contributed by atoms with E-state index < -0.39 is 89.0 Å². The molecular weight excluding hydrogens is 476 g/mol. The highest BCUT2D eigenvalue weighted by Crippen LogP contribution is 2.46. The van der Waals surface area contributed by atoms with Gasteiger partial charge in [-0.1, -0.05) is 0 Å². The molecule has 7 unspecified atom stereocenters. The lowest BCUT2D eigenvalue weighted by molar-refractivity contribution is -0.304. The van der Waals surface area contributed by atoms with Gasteiger partial charge in [0.2, 0.25) is 5.78 Å². The van der Waals surface area contributed by atoms with Gasteiger partial charge in [0.25, 0.3) is 0 Å². The summed E-state index contributed by atoms with van der Waals surface area (Å²) in [7, 11) is 0. The summed E-state index contributed by atoms with van der Waals surface area (Å²) in [4.78, 5) is 24.7. The maximum atomic E-state index is 13.3. The largest absolute Gasteiger partial charge is 0.508 e. The van der Waals surface area contributed by atoms with E-state index in [-0.39, 0.29) is 11.3 Å². The number of phenols is 5. The van der Waals surface area contributed by atoms with E-state index in [1.807, 2.05) is 0 Å². The number of hydrogen-bond acceptors (Lipinski definition) is 13. The molecule has 188 valence electrons. The number of ether oxygens (including phenoxy) is 3. The van der Waals surface area contributed by atoms with Crippen LogP contribution in [0.1, 0.15) is 22.0 Å². The molecule has 0 amide bonds. The Bertz CT molecular complexity index is 1160. The molecule has 14 nitrogen and oxygen atoms in total. The number of carboxylic acids is 1. The third kappa shape index (κ3) is 4.13. The van der Waals surface area contributed by atoms with Crippen LogP contribution in [0.4, 0.5) is 0 Å². The fraction of sp³-hybridized carbons (Fsp3) is 0.333. The van der Waals surface area contributed by atoms with Crippen LogP contribution in [0.25, 0.3) is 0 Å². The number of hydrogen-bond donors (Lipinski definition) is 9. The van der Waals surface area contributed by atoms with E-state index in [0.29, 0.717) is 0 Å². The second-order valence-corrected chi connectivity index (χ2v) is 7.94. The van der Waals surface area contributed by atoms with Crippen molar-refractivity contribution in [2.24, 2.45) is 0 Å². The monoisotopic (exact) mass is 496 g/mol. The van der Waals surface area contributed by atoms with Gasteiger partial charge in [0.15, 0.2) is 41.9 Å². The second-order valence-electron chi connectivity index (χ2n) is 7.94. The number of carboxylic acid groups (broad SMARTS) is 1. The number of carbonyl (C=O) groups is 2.